The second kappa shape index (κ2) is 10.4. The third kappa shape index (κ3) is 4.98. The van der Waals surface area contributed by atoms with Crippen molar-refractivity contribution in [3.63, 3.8) is 0 Å². The van der Waals surface area contributed by atoms with Crippen LogP contribution in [0.25, 0.3) is 16.7 Å². The first-order valence-electron chi connectivity index (χ1n) is 13.5. The number of aryl methyl sites for hydroxylation is 3. The van der Waals surface area contributed by atoms with Gasteiger partial charge in [0.15, 0.2) is 37.0 Å². The van der Waals surface area contributed by atoms with E-state index in [1.807, 2.05) is 55.3 Å². The highest BCUT2D eigenvalue weighted by atomic mass is 19.2. The van der Waals surface area contributed by atoms with E-state index in [4.69, 9.17) is 0 Å². The van der Waals surface area contributed by atoms with Gasteiger partial charge in [-0.1, -0.05) is 0 Å². The number of pyridine rings is 2. The quantitative estimate of drug-likeness (QED) is 0.219. The van der Waals surface area contributed by atoms with Crippen molar-refractivity contribution in [3.8, 4) is 11.1 Å². The number of allylic oxidation sites excluding steroid dienone is 3. The van der Waals surface area contributed by atoms with E-state index in [1.54, 1.807) is 13.8 Å². The van der Waals surface area contributed by atoms with Crippen LogP contribution in [0, 0.1) is 13.8 Å². The van der Waals surface area contributed by atoms with Gasteiger partial charge in [-0.05, 0) is 62.1 Å². The minimum atomic E-state index is -3.96. The number of carbonyl (C=O) groups is 1. The van der Waals surface area contributed by atoms with E-state index < -0.39 is 12.9 Å². The summed E-state index contributed by atoms with van der Waals surface area (Å²) in [4.78, 5) is 10.5. The zero-order valence-electron chi connectivity index (χ0n) is 23.0. The van der Waals surface area contributed by atoms with E-state index in [-0.39, 0.29) is 6.42 Å². The summed E-state index contributed by atoms with van der Waals surface area (Å²) in [5.41, 5.74) is 7.17. The van der Waals surface area contributed by atoms with Crippen LogP contribution in [0.5, 0.6) is 0 Å². The van der Waals surface area contributed by atoms with Crippen LogP contribution in [-0.4, -0.2) is 27.6 Å². The fourth-order valence-electron chi connectivity index (χ4n) is 6.06. The predicted molar refractivity (Wildman–Crippen MR) is 145 cm³/mol. The number of hydrogen-bond acceptors (Lipinski definition) is 1. The van der Waals surface area contributed by atoms with Gasteiger partial charge in [0.1, 0.15) is 17.8 Å². The summed E-state index contributed by atoms with van der Waals surface area (Å²) in [7, 11) is 0. The molecule has 3 aromatic rings. The summed E-state index contributed by atoms with van der Waals surface area (Å²) >= 11 is 0. The lowest BCUT2D eigenvalue weighted by atomic mass is 9.86. The van der Waals surface area contributed by atoms with Crippen molar-refractivity contribution in [2.24, 2.45) is 0 Å². The SMILES string of the molecule is CC1=CC(C)=[N+]2C1=C(C[n+]1ccc(-c3cc[n+](CCCCCC([O])=O)cc3)cc1)c1c(C)cc(C)n1[B-]2(F)F. The molecule has 0 aromatic carbocycles. The maximum Gasteiger partial charge on any atom is 0.737 e. The first kappa shape index (κ1) is 26.7. The van der Waals surface area contributed by atoms with Crippen LogP contribution in [0.3, 0.4) is 0 Å². The van der Waals surface area contributed by atoms with Gasteiger partial charge in [-0.2, -0.15) is 0 Å². The summed E-state index contributed by atoms with van der Waals surface area (Å²) in [6.07, 6.45) is 12.5. The van der Waals surface area contributed by atoms with E-state index in [2.05, 4.69) is 28.8 Å². The highest BCUT2D eigenvalue weighted by Crippen LogP contribution is 2.41. The molecule has 0 atom stereocenters. The Balaban J connectivity index is 1.36. The Kier molecular flexibility index (Phi) is 7.10. The van der Waals surface area contributed by atoms with E-state index in [9.17, 15) is 9.90 Å². The second-order valence-electron chi connectivity index (χ2n) is 10.7. The molecule has 0 N–H and O–H groups in total. The fraction of sp³-hybridized carbons (Fsp3) is 0.333. The van der Waals surface area contributed by atoms with Crippen molar-refractivity contribution in [1.82, 2.24) is 4.48 Å². The lowest BCUT2D eigenvalue weighted by molar-refractivity contribution is -0.697. The van der Waals surface area contributed by atoms with E-state index in [0.717, 1.165) is 47.2 Å². The van der Waals surface area contributed by atoms with Crippen LogP contribution >= 0.6 is 0 Å². The van der Waals surface area contributed by atoms with Crippen molar-refractivity contribution < 1.29 is 32.2 Å². The third-order valence-corrected chi connectivity index (χ3v) is 7.79. The molecule has 0 bridgehead atoms. The fourth-order valence-corrected chi connectivity index (χ4v) is 6.06. The summed E-state index contributed by atoms with van der Waals surface area (Å²) in [6.45, 7) is 4.68. The molecule has 6 nitrogen and oxygen atoms in total. The second-order valence-corrected chi connectivity index (χ2v) is 10.7. The standard InChI is InChI=1S/C30H34BF2N4O2/c1-21-18-23(3)36-29(21)27(30-22(2)19-24(4)37(30)31(36,32)33)20-35-16-11-26(12-17-35)25-9-14-34(15-10-25)13-7-5-6-8-28(38)39/h9-12,14-19H,5-8,13,20H2,1-4H3/q+2. The van der Waals surface area contributed by atoms with E-state index in [0.29, 0.717) is 35.8 Å². The molecule has 9 heteroatoms. The molecule has 0 amide bonds. The van der Waals surface area contributed by atoms with Gasteiger partial charge >= 0.3 is 12.9 Å². The Hall–Kier alpha value is -3.88. The minimum absolute atomic E-state index is 0.113. The summed E-state index contributed by atoms with van der Waals surface area (Å²) in [6, 6.07) is 10.1. The van der Waals surface area contributed by atoms with Crippen LogP contribution in [0.1, 0.15) is 56.5 Å². The smallest absolute Gasteiger partial charge is 0.393 e. The maximum absolute atomic E-state index is 15.8. The number of fused-ring (bicyclic) bond motifs is 2. The zero-order chi connectivity index (χ0) is 27.9. The lowest BCUT2D eigenvalue weighted by Crippen LogP contribution is -2.52. The van der Waals surface area contributed by atoms with Gasteiger partial charge in [-0.15, -0.1) is 0 Å². The largest absolute Gasteiger partial charge is 0.737 e. The molecule has 2 aliphatic heterocycles. The van der Waals surface area contributed by atoms with E-state index in [1.165, 1.54) is 8.96 Å². The molecule has 201 valence electrons. The van der Waals surface area contributed by atoms with Gasteiger partial charge in [-0.25, -0.2) is 19.0 Å². The van der Waals surface area contributed by atoms with Crippen molar-refractivity contribution in [3.05, 3.63) is 89.4 Å². The Morgan fingerprint density at radius 2 is 1.51 bits per heavy atom. The van der Waals surface area contributed by atoms with Crippen LogP contribution in [0.4, 0.5) is 8.63 Å². The molecule has 3 aromatic heterocycles. The maximum atomic E-state index is 15.8. The first-order valence-corrected chi connectivity index (χ1v) is 13.5. The van der Waals surface area contributed by atoms with Gasteiger partial charge < -0.3 is 17.6 Å². The van der Waals surface area contributed by atoms with Crippen LogP contribution < -0.4 is 9.13 Å². The highest BCUT2D eigenvalue weighted by molar-refractivity contribution is 6.58. The lowest BCUT2D eigenvalue weighted by Gasteiger charge is -2.33. The van der Waals surface area contributed by atoms with Crippen molar-refractivity contribution in [1.29, 1.82) is 0 Å². The molecule has 5 heterocycles. The molecule has 39 heavy (non-hydrogen) atoms. The molecular formula is C30H34BF2N4O2+2. The number of nitrogens with zero attached hydrogens (tertiary/aromatic N) is 4. The molecule has 0 fully saturated rings. The topological polar surface area (TPSA) is 52.7 Å². The van der Waals surface area contributed by atoms with Gasteiger partial charge in [0.2, 0.25) is 0 Å². The normalized spacial score (nSPS) is 15.9. The van der Waals surface area contributed by atoms with Crippen molar-refractivity contribution in [2.75, 3.05) is 0 Å². The Bertz CT molecular complexity index is 1530. The molecular weight excluding hydrogens is 497 g/mol. The molecule has 5 rings (SSSR count). The van der Waals surface area contributed by atoms with Crippen LogP contribution in [0.2, 0.25) is 0 Å². The number of unbranched alkanes of at least 4 members (excludes halogenated alkanes) is 2. The van der Waals surface area contributed by atoms with Crippen LogP contribution in [-0.2, 0) is 23.0 Å². The van der Waals surface area contributed by atoms with Gasteiger partial charge in [-0.3, -0.25) is 0 Å². The minimum Gasteiger partial charge on any atom is -0.393 e. The highest BCUT2D eigenvalue weighted by Gasteiger charge is 2.55. The van der Waals surface area contributed by atoms with Gasteiger partial charge in [0, 0.05) is 55.0 Å². The zero-order valence-corrected chi connectivity index (χ0v) is 23.0. The summed E-state index contributed by atoms with van der Waals surface area (Å²) in [5, 5.41) is 10.5. The average molecular weight is 531 g/mol. The Labute approximate surface area is 227 Å². The van der Waals surface area contributed by atoms with E-state index >= 15 is 8.63 Å². The summed E-state index contributed by atoms with van der Waals surface area (Å²) in [5.74, 6) is -0.990. The van der Waals surface area contributed by atoms with Gasteiger partial charge in [0.05, 0.1) is 6.42 Å². The number of aromatic nitrogens is 3. The molecule has 0 aliphatic carbocycles. The predicted octanol–water partition coefficient (Wildman–Crippen LogP) is 4.95. The number of hydrogen-bond donors (Lipinski definition) is 0. The number of carbonyl (C=O) groups excluding carboxylic acids is 1. The molecule has 0 spiro atoms. The average Bonchev–Trinajstić information content (AvgIpc) is 3.37. The number of halogens is 2. The first-order chi connectivity index (χ1) is 18.6. The monoisotopic (exact) mass is 531 g/mol. The van der Waals surface area contributed by atoms with Crippen molar-refractivity contribution in [2.45, 2.75) is 66.5 Å². The third-order valence-electron chi connectivity index (χ3n) is 7.79. The molecule has 0 unspecified atom stereocenters. The molecule has 2 aliphatic rings. The molecule has 1 radical (unpaired) electrons. The Morgan fingerprint density at radius 3 is 2.13 bits per heavy atom. The molecule has 0 saturated carbocycles. The van der Waals surface area contributed by atoms with Crippen molar-refractivity contribution >= 4 is 24.2 Å². The van der Waals surface area contributed by atoms with Crippen LogP contribution in [0.15, 0.2) is 72.5 Å². The van der Waals surface area contributed by atoms with Gasteiger partial charge in [0.25, 0.3) is 0 Å². The number of rotatable bonds is 9. The summed E-state index contributed by atoms with van der Waals surface area (Å²) < 4.78 is 38.2. The Morgan fingerprint density at radius 1 is 0.897 bits per heavy atom. The molecule has 0 saturated heterocycles.